The van der Waals surface area contributed by atoms with Gasteiger partial charge in [0.2, 0.25) is 0 Å². The van der Waals surface area contributed by atoms with Crippen molar-refractivity contribution in [1.82, 2.24) is 9.80 Å². The maximum atomic E-state index is 2.65. The van der Waals surface area contributed by atoms with Crippen LogP contribution < -0.4 is 0 Å². The average Bonchev–Trinajstić information content (AvgIpc) is 3.29. The summed E-state index contributed by atoms with van der Waals surface area (Å²) >= 11 is 0. The first-order valence-corrected chi connectivity index (χ1v) is 17.0. The lowest BCUT2D eigenvalue weighted by Crippen LogP contribution is -2.38. The van der Waals surface area contributed by atoms with Crippen molar-refractivity contribution in [3.63, 3.8) is 0 Å². The summed E-state index contributed by atoms with van der Waals surface area (Å²) in [6.07, 6.45) is 42.8. The van der Waals surface area contributed by atoms with Gasteiger partial charge < -0.3 is 9.80 Å². The van der Waals surface area contributed by atoms with Crippen LogP contribution >= 0.6 is 0 Å². The molecule has 0 aromatic rings. The van der Waals surface area contributed by atoms with Crippen molar-refractivity contribution in [2.45, 2.75) is 194 Å². The molecule has 214 valence electrons. The Labute approximate surface area is 229 Å². The Morgan fingerprint density at radius 2 is 0.722 bits per heavy atom. The fraction of sp³-hybridized carbons (Fsp3) is 0.941. The molecular formula is C34H68N2. The number of hydrogen-bond acceptors (Lipinski definition) is 2. The molecule has 0 radical (unpaired) electrons. The fourth-order valence-corrected chi connectivity index (χ4v) is 5.91. The molecule has 0 aromatic heterocycles. The Hall–Kier alpha value is -0.660. The van der Waals surface area contributed by atoms with E-state index in [9.17, 15) is 0 Å². The van der Waals surface area contributed by atoms with Gasteiger partial charge in [-0.15, -0.1) is 0 Å². The van der Waals surface area contributed by atoms with E-state index in [1.807, 2.05) is 0 Å². The van der Waals surface area contributed by atoms with Gasteiger partial charge in [0.15, 0.2) is 0 Å². The lowest BCUT2D eigenvalue weighted by atomic mass is 10.0. The molecule has 0 saturated heterocycles. The van der Waals surface area contributed by atoms with Crippen LogP contribution in [0.2, 0.25) is 0 Å². The standard InChI is InChI=1S/C34H68N2/c1-4-7-9-11-13-15-17-18-19-20-22-24-26-28-30-34-35(6-3)32-33-36(34)31-29-27-25-23-21-16-14-12-10-8-5-2/h32-34H,4-31H2,1-3H3. The lowest BCUT2D eigenvalue weighted by Gasteiger charge is -2.32. The molecule has 1 aliphatic rings. The summed E-state index contributed by atoms with van der Waals surface area (Å²) < 4.78 is 0. The molecule has 0 saturated carbocycles. The monoisotopic (exact) mass is 505 g/mol. The van der Waals surface area contributed by atoms with Crippen molar-refractivity contribution in [1.29, 1.82) is 0 Å². The molecule has 36 heavy (non-hydrogen) atoms. The number of unbranched alkanes of at least 4 members (excludes halogenated alkanes) is 23. The molecule has 0 aliphatic carbocycles. The van der Waals surface area contributed by atoms with E-state index in [2.05, 4.69) is 43.0 Å². The summed E-state index contributed by atoms with van der Waals surface area (Å²) in [4.78, 5) is 5.22. The van der Waals surface area contributed by atoms with Crippen molar-refractivity contribution in [2.24, 2.45) is 0 Å². The molecule has 1 atom stereocenters. The molecule has 0 N–H and O–H groups in total. The maximum Gasteiger partial charge on any atom is 0.101 e. The van der Waals surface area contributed by atoms with Gasteiger partial charge in [0.1, 0.15) is 6.17 Å². The van der Waals surface area contributed by atoms with Gasteiger partial charge in [-0.25, -0.2) is 0 Å². The molecule has 0 amide bonds. The predicted molar refractivity (Wildman–Crippen MR) is 163 cm³/mol. The summed E-state index contributed by atoms with van der Waals surface area (Å²) in [5.74, 6) is 0. The topological polar surface area (TPSA) is 6.48 Å². The smallest absolute Gasteiger partial charge is 0.101 e. The van der Waals surface area contributed by atoms with Crippen LogP contribution in [-0.4, -0.2) is 29.1 Å². The zero-order valence-corrected chi connectivity index (χ0v) is 25.4. The largest absolute Gasteiger partial charge is 0.356 e. The van der Waals surface area contributed by atoms with Crippen molar-refractivity contribution in [2.75, 3.05) is 13.1 Å². The highest BCUT2D eigenvalue weighted by Crippen LogP contribution is 2.23. The third-order valence-corrected chi connectivity index (χ3v) is 8.42. The van der Waals surface area contributed by atoms with E-state index in [0.29, 0.717) is 6.17 Å². The Kier molecular flexibility index (Phi) is 24.1. The Morgan fingerprint density at radius 1 is 0.389 bits per heavy atom. The summed E-state index contributed by atoms with van der Waals surface area (Å²) in [6.45, 7) is 9.33. The highest BCUT2D eigenvalue weighted by Gasteiger charge is 2.23. The van der Waals surface area contributed by atoms with E-state index in [-0.39, 0.29) is 0 Å². The minimum atomic E-state index is 0.635. The summed E-state index contributed by atoms with van der Waals surface area (Å²) in [5.41, 5.74) is 0. The molecule has 1 rings (SSSR count). The predicted octanol–water partition coefficient (Wildman–Crippen LogP) is 11.6. The van der Waals surface area contributed by atoms with Gasteiger partial charge in [0.25, 0.3) is 0 Å². The van der Waals surface area contributed by atoms with Crippen LogP contribution in [0.5, 0.6) is 0 Å². The Balaban J connectivity index is 1.96. The SMILES string of the molecule is CCCCCCCCCCCCCCCCC1N(CC)C=CN1CCCCCCCCCCCCC. The van der Waals surface area contributed by atoms with Crippen LogP contribution in [0.1, 0.15) is 188 Å². The molecule has 1 unspecified atom stereocenters. The van der Waals surface area contributed by atoms with Crippen molar-refractivity contribution in [3.8, 4) is 0 Å². The summed E-state index contributed by atoms with van der Waals surface area (Å²) in [7, 11) is 0. The molecule has 0 bridgehead atoms. The zero-order valence-electron chi connectivity index (χ0n) is 25.4. The molecule has 0 spiro atoms. The minimum absolute atomic E-state index is 0.635. The third kappa shape index (κ3) is 18.6. The van der Waals surface area contributed by atoms with Crippen molar-refractivity contribution >= 4 is 0 Å². The van der Waals surface area contributed by atoms with Gasteiger partial charge in [-0.1, -0.05) is 162 Å². The van der Waals surface area contributed by atoms with Gasteiger partial charge in [0, 0.05) is 25.5 Å². The lowest BCUT2D eigenvalue weighted by molar-refractivity contribution is 0.142. The van der Waals surface area contributed by atoms with Crippen LogP contribution in [0.25, 0.3) is 0 Å². The Morgan fingerprint density at radius 3 is 1.11 bits per heavy atom. The van der Waals surface area contributed by atoms with Crippen LogP contribution in [0, 0.1) is 0 Å². The number of nitrogens with zero attached hydrogens (tertiary/aromatic N) is 2. The van der Waals surface area contributed by atoms with Gasteiger partial charge in [0.05, 0.1) is 0 Å². The first-order chi connectivity index (χ1) is 17.8. The van der Waals surface area contributed by atoms with Crippen LogP contribution in [-0.2, 0) is 0 Å². The fourth-order valence-electron chi connectivity index (χ4n) is 5.91. The highest BCUT2D eigenvalue weighted by atomic mass is 15.4. The molecule has 0 fully saturated rings. The van der Waals surface area contributed by atoms with E-state index in [0.717, 1.165) is 6.54 Å². The molecule has 0 aromatic carbocycles. The van der Waals surface area contributed by atoms with E-state index in [1.165, 1.54) is 173 Å². The first-order valence-electron chi connectivity index (χ1n) is 17.0. The number of rotatable bonds is 28. The summed E-state index contributed by atoms with van der Waals surface area (Å²) in [5, 5.41) is 0. The normalized spacial score (nSPS) is 15.5. The van der Waals surface area contributed by atoms with Crippen molar-refractivity contribution in [3.05, 3.63) is 12.4 Å². The van der Waals surface area contributed by atoms with Gasteiger partial charge in [-0.05, 0) is 26.2 Å². The molecule has 1 heterocycles. The molecule has 1 aliphatic heterocycles. The third-order valence-electron chi connectivity index (χ3n) is 8.42. The van der Waals surface area contributed by atoms with E-state index in [4.69, 9.17) is 0 Å². The zero-order chi connectivity index (χ0) is 25.9. The second-order valence-electron chi connectivity index (χ2n) is 11.8. The van der Waals surface area contributed by atoms with E-state index in [1.54, 1.807) is 0 Å². The summed E-state index contributed by atoms with van der Waals surface area (Å²) in [6, 6.07) is 0. The molecular weight excluding hydrogens is 436 g/mol. The van der Waals surface area contributed by atoms with Crippen LogP contribution in [0.3, 0.4) is 0 Å². The maximum absolute atomic E-state index is 2.65. The van der Waals surface area contributed by atoms with Gasteiger partial charge >= 0.3 is 0 Å². The van der Waals surface area contributed by atoms with Crippen LogP contribution in [0.15, 0.2) is 12.4 Å². The first kappa shape index (κ1) is 33.4. The van der Waals surface area contributed by atoms with Gasteiger partial charge in [-0.2, -0.15) is 0 Å². The Bertz CT molecular complexity index is 460. The second-order valence-corrected chi connectivity index (χ2v) is 11.8. The van der Waals surface area contributed by atoms with Gasteiger partial charge in [-0.3, -0.25) is 0 Å². The minimum Gasteiger partial charge on any atom is -0.356 e. The second kappa shape index (κ2) is 26.0. The van der Waals surface area contributed by atoms with E-state index < -0.39 is 0 Å². The van der Waals surface area contributed by atoms with Crippen LogP contribution in [0.4, 0.5) is 0 Å². The van der Waals surface area contributed by atoms with E-state index >= 15 is 0 Å². The molecule has 2 heteroatoms. The average molecular weight is 505 g/mol. The van der Waals surface area contributed by atoms with Crippen molar-refractivity contribution < 1.29 is 0 Å². The highest BCUT2D eigenvalue weighted by molar-refractivity contribution is 4.96. The quantitative estimate of drug-likeness (QED) is 0.0977. The molecule has 2 nitrogen and oxygen atoms in total. The number of hydrogen-bond donors (Lipinski definition) is 0.